The Kier molecular flexibility index (Phi) is 4.24. The Balaban J connectivity index is 1.48. The number of nitrogen functional groups attached to an aromatic ring is 1. The average Bonchev–Trinajstić information content (AvgIpc) is 3.31. The van der Waals surface area contributed by atoms with Gasteiger partial charge in [-0.25, -0.2) is 14.4 Å². The van der Waals surface area contributed by atoms with Gasteiger partial charge in [-0.2, -0.15) is 0 Å². The Hall–Kier alpha value is -3.74. The number of rotatable bonds is 3. The minimum Gasteiger partial charge on any atom is -0.383 e. The number of benzene rings is 2. The number of carbonyl (C=O) groups excluding carboxylic acids is 1. The summed E-state index contributed by atoms with van der Waals surface area (Å²) < 4.78 is 15.9. The maximum Gasteiger partial charge on any atom is 0.231 e. The molecule has 1 aliphatic rings. The van der Waals surface area contributed by atoms with E-state index in [1.54, 1.807) is 23.1 Å². The third kappa shape index (κ3) is 2.90. The van der Waals surface area contributed by atoms with Crippen molar-refractivity contribution in [2.75, 3.05) is 17.2 Å². The lowest BCUT2D eigenvalue weighted by molar-refractivity contribution is -0.117. The highest BCUT2D eigenvalue weighted by Gasteiger charge is 2.26. The molecule has 3 heterocycles. The molecule has 0 saturated heterocycles. The van der Waals surface area contributed by atoms with Gasteiger partial charge in [-0.1, -0.05) is 24.3 Å². The van der Waals surface area contributed by atoms with E-state index >= 15 is 0 Å². The molecule has 0 aliphatic carbocycles. The highest BCUT2D eigenvalue weighted by atomic mass is 19.1. The molecule has 0 radical (unpaired) electrons. The molecule has 6 nitrogen and oxygen atoms in total. The van der Waals surface area contributed by atoms with Crippen molar-refractivity contribution in [3.63, 3.8) is 0 Å². The van der Waals surface area contributed by atoms with Gasteiger partial charge in [0.05, 0.1) is 11.8 Å². The molecule has 5 rings (SSSR count). The van der Waals surface area contributed by atoms with Gasteiger partial charge in [-0.05, 0) is 41.3 Å². The molecule has 7 heteroatoms. The van der Waals surface area contributed by atoms with Crippen molar-refractivity contribution in [2.45, 2.75) is 12.8 Å². The summed E-state index contributed by atoms with van der Waals surface area (Å²) in [5.41, 5.74) is 11.2. The fourth-order valence-corrected chi connectivity index (χ4v) is 4.18. The highest BCUT2D eigenvalue weighted by Crippen LogP contribution is 2.37. The Morgan fingerprint density at radius 3 is 2.87 bits per heavy atom. The van der Waals surface area contributed by atoms with Crippen LogP contribution in [0.1, 0.15) is 11.1 Å². The van der Waals surface area contributed by atoms with Crippen molar-refractivity contribution in [1.82, 2.24) is 14.5 Å². The predicted octanol–water partition coefficient (Wildman–Crippen LogP) is 3.49. The molecule has 2 aromatic carbocycles. The van der Waals surface area contributed by atoms with Crippen LogP contribution in [0.5, 0.6) is 0 Å². The minimum atomic E-state index is -0.351. The molecule has 1 amide bonds. The molecular formula is C23H20FN5O. The number of aromatic nitrogens is 3. The van der Waals surface area contributed by atoms with Crippen molar-refractivity contribution in [3.8, 4) is 11.1 Å². The quantitative estimate of drug-likeness (QED) is 0.570. The average molecular weight is 401 g/mol. The second-order valence-corrected chi connectivity index (χ2v) is 7.52. The smallest absolute Gasteiger partial charge is 0.231 e. The molecule has 0 saturated carbocycles. The van der Waals surface area contributed by atoms with E-state index in [-0.39, 0.29) is 18.1 Å². The van der Waals surface area contributed by atoms with Crippen LogP contribution in [0, 0.1) is 5.82 Å². The SMILES string of the molecule is Cn1cc(-c2ccc3c(c2)CCN3C(=O)Cc2ccccc2F)c2c(N)ncnc21. The third-order valence-corrected chi connectivity index (χ3v) is 5.67. The predicted molar refractivity (Wildman–Crippen MR) is 115 cm³/mol. The van der Waals surface area contributed by atoms with Gasteiger partial charge in [0.25, 0.3) is 0 Å². The molecule has 1 aliphatic heterocycles. The molecule has 0 unspecified atom stereocenters. The summed E-state index contributed by atoms with van der Waals surface area (Å²) in [5, 5.41) is 0.824. The standard InChI is InChI=1S/C23H20FN5O/c1-28-12-17(21-22(25)26-13-27-23(21)28)14-6-7-19-16(10-14)8-9-29(19)20(30)11-15-4-2-3-5-18(15)24/h2-7,10,12-13H,8-9,11H2,1H3,(H2,25,26,27). The number of aryl methyl sites for hydroxylation is 1. The van der Waals surface area contributed by atoms with Crippen LogP contribution < -0.4 is 10.6 Å². The number of hydrogen-bond donors (Lipinski definition) is 1. The lowest BCUT2D eigenvalue weighted by Gasteiger charge is -2.18. The zero-order chi connectivity index (χ0) is 20.8. The van der Waals surface area contributed by atoms with E-state index in [1.165, 1.54) is 12.4 Å². The maximum atomic E-state index is 13.9. The van der Waals surface area contributed by atoms with Crippen LogP contribution in [-0.2, 0) is 24.7 Å². The summed E-state index contributed by atoms with van der Waals surface area (Å²) in [6.07, 6.45) is 4.25. The van der Waals surface area contributed by atoms with Gasteiger partial charge in [-0.15, -0.1) is 0 Å². The summed E-state index contributed by atoms with van der Waals surface area (Å²) in [5.74, 6) is -0.0106. The van der Waals surface area contributed by atoms with Crippen LogP contribution in [0.4, 0.5) is 15.9 Å². The van der Waals surface area contributed by atoms with E-state index in [0.717, 1.165) is 39.8 Å². The van der Waals surface area contributed by atoms with Gasteiger partial charge in [-0.3, -0.25) is 4.79 Å². The first-order valence-corrected chi connectivity index (χ1v) is 9.75. The number of nitrogens with zero attached hydrogens (tertiary/aromatic N) is 4. The van der Waals surface area contributed by atoms with Crippen molar-refractivity contribution in [1.29, 1.82) is 0 Å². The van der Waals surface area contributed by atoms with E-state index < -0.39 is 0 Å². The van der Waals surface area contributed by atoms with Gasteiger partial charge < -0.3 is 15.2 Å². The summed E-state index contributed by atoms with van der Waals surface area (Å²) >= 11 is 0. The second kappa shape index (κ2) is 6.95. The number of fused-ring (bicyclic) bond motifs is 2. The Morgan fingerprint density at radius 2 is 2.03 bits per heavy atom. The largest absolute Gasteiger partial charge is 0.383 e. The van der Waals surface area contributed by atoms with Crippen molar-refractivity contribution in [2.24, 2.45) is 7.05 Å². The third-order valence-electron chi connectivity index (χ3n) is 5.67. The molecule has 0 spiro atoms. The zero-order valence-corrected chi connectivity index (χ0v) is 16.5. The van der Waals surface area contributed by atoms with Gasteiger partial charge in [0.2, 0.25) is 5.91 Å². The van der Waals surface area contributed by atoms with Gasteiger partial charge >= 0.3 is 0 Å². The number of amides is 1. The van der Waals surface area contributed by atoms with Crippen molar-refractivity contribution >= 4 is 28.4 Å². The second-order valence-electron chi connectivity index (χ2n) is 7.52. The maximum absolute atomic E-state index is 13.9. The van der Waals surface area contributed by atoms with Crippen molar-refractivity contribution in [3.05, 3.63) is 71.9 Å². The molecule has 0 bridgehead atoms. The summed E-state index contributed by atoms with van der Waals surface area (Å²) in [6, 6.07) is 12.4. The first-order valence-electron chi connectivity index (χ1n) is 9.75. The molecule has 2 N–H and O–H groups in total. The molecule has 0 fully saturated rings. The topological polar surface area (TPSA) is 77.0 Å². The van der Waals surface area contributed by atoms with E-state index in [0.29, 0.717) is 17.9 Å². The van der Waals surface area contributed by atoms with E-state index in [1.807, 2.05) is 29.9 Å². The first-order chi connectivity index (χ1) is 14.5. The van der Waals surface area contributed by atoms with E-state index in [4.69, 9.17) is 5.73 Å². The first kappa shape index (κ1) is 18.3. The Morgan fingerprint density at radius 1 is 1.20 bits per heavy atom. The van der Waals surface area contributed by atoms with Crippen LogP contribution in [0.15, 0.2) is 55.0 Å². The highest BCUT2D eigenvalue weighted by molar-refractivity contribution is 6.02. The molecule has 2 aromatic heterocycles. The summed E-state index contributed by atoms with van der Waals surface area (Å²) in [7, 11) is 1.93. The van der Waals surface area contributed by atoms with E-state index in [9.17, 15) is 9.18 Å². The number of hydrogen-bond acceptors (Lipinski definition) is 4. The molecular weight excluding hydrogens is 381 g/mol. The fraction of sp³-hybridized carbons (Fsp3) is 0.174. The lowest BCUT2D eigenvalue weighted by atomic mass is 10.0. The monoisotopic (exact) mass is 401 g/mol. The van der Waals surface area contributed by atoms with Crippen molar-refractivity contribution < 1.29 is 9.18 Å². The Bertz CT molecular complexity index is 1300. The van der Waals surface area contributed by atoms with Crippen LogP contribution in [0.25, 0.3) is 22.2 Å². The normalized spacial score (nSPS) is 13.1. The Labute approximate surface area is 172 Å². The summed E-state index contributed by atoms with van der Waals surface area (Å²) in [6.45, 7) is 0.590. The van der Waals surface area contributed by atoms with Gasteiger partial charge in [0.15, 0.2) is 0 Å². The number of carbonyl (C=O) groups is 1. The van der Waals surface area contributed by atoms with Gasteiger partial charge in [0.1, 0.15) is 23.6 Å². The fourth-order valence-electron chi connectivity index (χ4n) is 4.18. The molecule has 0 atom stereocenters. The molecule has 30 heavy (non-hydrogen) atoms. The molecule has 150 valence electrons. The number of halogens is 1. The number of nitrogens with two attached hydrogens (primary N) is 1. The van der Waals surface area contributed by atoms with Crippen LogP contribution in [0.2, 0.25) is 0 Å². The number of anilines is 2. The van der Waals surface area contributed by atoms with Gasteiger partial charge in [0, 0.05) is 31.0 Å². The van der Waals surface area contributed by atoms with Crippen LogP contribution >= 0.6 is 0 Å². The molecule has 4 aromatic rings. The summed E-state index contributed by atoms with van der Waals surface area (Å²) in [4.78, 5) is 23.0. The van der Waals surface area contributed by atoms with E-state index in [2.05, 4.69) is 16.0 Å². The van der Waals surface area contributed by atoms with Crippen LogP contribution in [-0.4, -0.2) is 27.0 Å². The lowest BCUT2D eigenvalue weighted by Crippen LogP contribution is -2.30. The minimum absolute atomic E-state index is 0.0467. The zero-order valence-electron chi connectivity index (χ0n) is 16.5. The van der Waals surface area contributed by atoms with Crippen LogP contribution in [0.3, 0.4) is 0 Å².